The van der Waals surface area contributed by atoms with Gasteiger partial charge < -0.3 is 20.3 Å². The molecule has 204 valence electrons. The molecule has 2 amide bonds. The molecule has 2 aromatic heterocycles. The van der Waals surface area contributed by atoms with Crippen molar-refractivity contribution < 1.29 is 14.3 Å². The van der Waals surface area contributed by atoms with Gasteiger partial charge in [0.25, 0.3) is 5.91 Å². The summed E-state index contributed by atoms with van der Waals surface area (Å²) in [5.41, 5.74) is 5.87. The Morgan fingerprint density at radius 2 is 1.82 bits per heavy atom. The van der Waals surface area contributed by atoms with Crippen molar-refractivity contribution in [3.05, 3.63) is 95.9 Å². The molecule has 0 bridgehead atoms. The first kappa shape index (κ1) is 26.8. The Labute approximate surface area is 233 Å². The number of likely N-dealkylation sites (tertiary alicyclic amines) is 1. The van der Waals surface area contributed by atoms with Crippen molar-refractivity contribution in [3.63, 3.8) is 0 Å². The zero-order valence-electron chi connectivity index (χ0n) is 22.6. The third kappa shape index (κ3) is 6.43. The second kappa shape index (κ2) is 12.4. The van der Waals surface area contributed by atoms with E-state index in [1.54, 1.807) is 23.5 Å². The quantitative estimate of drug-likeness (QED) is 0.290. The number of hydrogen-bond acceptors (Lipinski definition) is 7. The minimum Gasteiger partial charge on any atom is -0.450 e. The third-order valence-electron chi connectivity index (χ3n) is 7.02. The molecule has 0 radical (unpaired) electrons. The van der Waals surface area contributed by atoms with E-state index in [1.807, 2.05) is 74.5 Å². The van der Waals surface area contributed by atoms with Crippen LogP contribution in [0.15, 0.2) is 79.3 Å². The summed E-state index contributed by atoms with van der Waals surface area (Å²) >= 11 is 0. The number of benzene rings is 2. The summed E-state index contributed by atoms with van der Waals surface area (Å²) in [4.78, 5) is 39.9. The van der Waals surface area contributed by atoms with Crippen molar-refractivity contribution in [1.82, 2.24) is 19.9 Å². The molecule has 1 aliphatic heterocycles. The lowest BCUT2D eigenvalue weighted by Crippen LogP contribution is -2.38. The van der Waals surface area contributed by atoms with Crippen LogP contribution >= 0.6 is 0 Å². The first-order valence-electron chi connectivity index (χ1n) is 13.4. The number of hydrogen-bond donors (Lipinski definition) is 2. The van der Waals surface area contributed by atoms with E-state index in [9.17, 15) is 9.59 Å². The number of ether oxygens (including phenoxy) is 1. The van der Waals surface area contributed by atoms with Gasteiger partial charge in [0.1, 0.15) is 0 Å². The molecule has 0 atom stereocenters. The molecule has 2 aromatic carbocycles. The van der Waals surface area contributed by atoms with E-state index in [-0.39, 0.29) is 12.0 Å². The molecule has 40 heavy (non-hydrogen) atoms. The van der Waals surface area contributed by atoms with E-state index < -0.39 is 0 Å². The van der Waals surface area contributed by atoms with Crippen LogP contribution in [0.5, 0.6) is 0 Å². The van der Waals surface area contributed by atoms with Crippen LogP contribution in [0.2, 0.25) is 0 Å². The smallest absolute Gasteiger partial charge is 0.409 e. The average molecular weight is 537 g/mol. The Kier molecular flexibility index (Phi) is 8.29. The lowest BCUT2D eigenvalue weighted by atomic mass is 9.89. The number of aryl methyl sites for hydroxylation is 1. The maximum Gasteiger partial charge on any atom is 0.409 e. The lowest BCUT2D eigenvalue weighted by molar-refractivity contribution is 0.0969. The summed E-state index contributed by atoms with van der Waals surface area (Å²) < 4.78 is 5.11. The molecule has 9 nitrogen and oxygen atoms in total. The predicted molar refractivity (Wildman–Crippen MR) is 155 cm³/mol. The van der Waals surface area contributed by atoms with Crippen LogP contribution in [0.4, 0.5) is 22.1 Å². The van der Waals surface area contributed by atoms with Gasteiger partial charge in [-0.15, -0.1) is 0 Å². The molecule has 0 aliphatic carbocycles. The van der Waals surface area contributed by atoms with Crippen molar-refractivity contribution in [2.24, 2.45) is 0 Å². The lowest BCUT2D eigenvalue weighted by Gasteiger charge is -2.31. The van der Waals surface area contributed by atoms with E-state index in [2.05, 4.69) is 25.6 Å². The highest BCUT2D eigenvalue weighted by Gasteiger charge is 2.24. The summed E-state index contributed by atoms with van der Waals surface area (Å²) in [6.07, 6.45) is 6.69. The van der Waals surface area contributed by atoms with Crippen LogP contribution in [0.25, 0.3) is 11.3 Å². The largest absolute Gasteiger partial charge is 0.450 e. The van der Waals surface area contributed by atoms with Gasteiger partial charge in [-0.1, -0.05) is 18.2 Å². The number of carbonyl (C=O) groups is 2. The molecule has 1 aliphatic rings. The number of anilines is 3. The van der Waals surface area contributed by atoms with Crippen molar-refractivity contribution in [2.45, 2.75) is 32.6 Å². The summed E-state index contributed by atoms with van der Waals surface area (Å²) in [7, 11) is 0. The Balaban J connectivity index is 1.21. The molecule has 0 saturated carbocycles. The number of pyridine rings is 1. The van der Waals surface area contributed by atoms with Gasteiger partial charge >= 0.3 is 6.09 Å². The first-order chi connectivity index (χ1) is 19.5. The van der Waals surface area contributed by atoms with Gasteiger partial charge in [0.15, 0.2) is 0 Å². The number of carbonyl (C=O) groups excluding carboxylic acids is 2. The number of rotatable bonds is 7. The minimum atomic E-state index is -0.242. The number of nitrogens with one attached hydrogen (secondary N) is 2. The zero-order chi connectivity index (χ0) is 27.9. The zero-order valence-corrected chi connectivity index (χ0v) is 22.6. The van der Waals surface area contributed by atoms with Gasteiger partial charge in [0.05, 0.1) is 12.3 Å². The fraction of sp³-hybridized carbons (Fsp3) is 0.258. The van der Waals surface area contributed by atoms with Crippen molar-refractivity contribution in [3.8, 4) is 11.3 Å². The molecule has 5 rings (SSSR count). The van der Waals surface area contributed by atoms with Gasteiger partial charge in [-0.05, 0) is 86.2 Å². The Morgan fingerprint density at radius 3 is 2.55 bits per heavy atom. The van der Waals surface area contributed by atoms with Gasteiger partial charge in [-0.3, -0.25) is 9.78 Å². The molecular formula is C31H32N6O3. The molecule has 1 fully saturated rings. The third-order valence-corrected chi connectivity index (χ3v) is 7.02. The molecule has 0 spiro atoms. The predicted octanol–water partition coefficient (Wildman–Crippen LogP) is 6.18. The number of aromatic nitrogens is 3. The SMILES string of the molecule is CCOC(=O)N1CCC(c2ccc(C(=O)Nc3ccc(C)c(Nc4nccc(-c5cccnc5)n4)c3)cc2)CC1. The van der Waals surface area contributed by atoms with E-state index in [1.165, 1.54) is 5.56 Å². The van der Waals surface area contributed by atoms with Gasteiger partial charge in [-0.25, -0.2) is 14.8 Å². The van der Waals surface area contributed by atoms with E-state index in [0.717, 1.165) is 35.3 Å². The molecule has 9 heteroatoms. The van der Waals surface area contributed by atoms with E-state index >= 15 is 0 Å². The maximum atomic E-state index is 13.0. The molecule has 3 heterocycles. The van der Waals surface area contributed by atoms with Crippen LogP contribution in [-0.4, -0.2) is 51.5 Å². The summed E-state index contributed by atoms with van der Waals surface area (Å²) in [5, 5.41) is 6.26. The van der Waals surface area contributed by atoms with Crippen LogP contribution in [-0.2, 0) is 4.74 Å². The average Bonchev–Trinajstić information content (AvgIpc) is 3.00. The fourth-order valence-electron chi connectivity index (χ4n) is 4.77. The molecule has 1 saturated heterocycles. The maximum absolute atomic E-state index is 13.0. The molecule has 2 N–H and O–H groups in total. The highest BCUT2D eigenvalue weighted by molar-refractivity contribution is 6.04. The summed E-state index contributed by atoms with van der Waals surface area (Å²) in [5.74, 6) is 0.623. The van der Waals surface area contributed by atoms with Crippen LogP contribution < -0.4 is 10.6 Å². The second-order valence-electron chi connectivity index (χ2n) is 9.70. The van der Waals surface area contributed by atoms with Crippen molar-refractivity contribution in [1.29, 1.82) is 0 Å². The van der Waals surface area contributed by atoms with Crippen LogP contribution in [0, 0.1) is 6.92 Å². The number of nitrogens with zero attached hydrogens (tertiary/aromatic N) is 4. The van der Waals surface area contributed by atoms with Gasteiger partial charge in [-0.2, -0.15) is 0 Å². The van der Waals surface area contributed by atoms with Crippen LogP contribution in [0.3, 0.4) is 0 Å². The molecule has 0 unspecified atom stereocenters. The molecular weight excluding hydrogens is 504 g/mol. The first-order valence-corrected chi connectivity index (χ1v) is 13.4. The Morgan fingerprint density at radius 1 is 1.02 bits per heavy atom. The van der Waals surface area contributed by atoms with Crippen molar-refractivity contribution in [2.75, 3.05) is 30.3 Å². The summed E-state index contributed by atoms with van der Waals surface area (Å²) in [6, 6.07) is 19.1. The Hall–Kier alpha value is -4.79. The molecule has 4 aromatic rings. The van der Waals surface area contributed by atoms with Crippen LogP contribution in [0.1, 0.15) is 47.2 Å². The highest BCUT2D eigenvalue weighted by Crippen LogP contribution is 2.29. The Bertz CT molecular complexity index is 1470. The van der Waals surface area contributed by atoms with Gasteiger partial charge in [0.2, 0.25) is 5.95 Å². The van der Waals surface area contributed by atoms with E-state index in [4.69, 9.17) is 4.74 Å². The van der Waals surface area contributed by atoms with E-state index in [0.29, 0.717) is 42.8 Å². The fourth-order valence-corrected chi connectivity index (χ4v) is 4.77. The topological polar surface area (TPSA) is 109 Å². The number of piperidine rings is 1. The minimum absolute atomic E-state index is 0.187. The van der Waals surface area contributed by atoms with Crippen molar-refractivity contribution >= 4 is 29.3 Å². The highest BCUT2D eigenvalue weighted by atomic mass is 16.6. The normalized spacial score (nSPS) is 13.5. The standard InChI is InChI=1S/C31H32N6O3/c1-3-40-31(39)37-17-13-23(14-18-37)22-7-9-24(10-8-22)29(38)34-26-11-6-21(2)28(19-26)36-30-33-16-12-27(35-30)25-5-4-15-32-20-25/h4-12,15-16,19-20,23H,3,13-14,17-18H2,1-2H3,(H,34,38)(H,33,35,36). The number of amides is 2. The second-order valence-corrected chi connectivity index (χ2v) is 9.70. The summed E-state index contributed by atoms with van der Waals surface area (Å²) in [6.45, 7) is 5.53. The van der Waals surface area contributed by atoms with Gasteiger partial charge in [0, 0.05) is 54.2 Å². The monoisotopic (exact) mass is 536 g/mol.